The molecule has 1 atom stereocenters. The number of carboxylic acids is 1. The standard InChI is InChI=1S/C14H24N2O6S/c1-10(13(19)20)16(7-6-15-11(2)17)12(18)8-14(4-5-14)9-23(3,21)22/h10H,4-9H2,1-3H3,(H,15,17)(H,19,20). The lowest BCUT2D eigenvalue weighted by molar-refractivity contribution is -0.149. The van der Waals surface area contributed by atoms with E-state index in [1.807, 2.05) is 0 Å². The summed E-state index contributed by atoms with van der Waals surface area (Å²) in [6.45, 7) is 2.95. The largest absolute Gasteiger partial charge is 0.480 e. The third-order valence-corrected chi connectivity index (χ3v) is 5.06. The molecule has 1 fully saturated rings. The maximum atomic E-state index is 12.5. The van der Waals surface area contributed by atoms with Crippen molar-refractivity contribution in [3.8, 4) is 0 Å². The van der Waals surface area contributed by atoms with Crippen LogP contribution < -0.4 is 5.32 Å². The molecule has 0 aromatic carbocycles. The molecule has 0 bridgehead atoms. The summed E-state index contributed by atoms with van der Waals surface area (Å²) in [7, 11) is -3.20. The van der Waals surface area contributed by atoms with E-state index in [1.165, 1.54) is 18.7 Å². The van der Waals surface area contributed by atoms with Gasteiger partial charge in [-0.1, -0.05) is 0 Å². The van der Waals surface area contributed by atoms with Gasteiger partial charge in [-0.15, -0.1) is 0 Å². The van der Waals surface area contributed by atoms with Gasteiger partial charge < -0.3 is 15.3 Å². The topological polar surface area (TPSA) is 121 Å². The van der Waals surface area contributed by atoms with Crippen molar-refractivity contribution in [3.63, 3.8) is 0 Å². The summed E-state index contributed by atoms with van der Waals surface area (Å²) < 4.78 is 22.9. The Morgan fingerprint density at radius 3 is 2.26 bits per heavy atom. The average Bonchev–Trinajstić information content (AvgIpc) is 3.09. The van der Waals surface area contributed by atoms with Gasteiger partial charge in [0, 0.05) is 32.7 Å². The maximum Gasteiger partial charge on any atom is 0.326 e. The SMILES string of the molecule is CC(=O)NCCN(C(=O)CC1(CS(C)(=O)=O)CC1)C(C)C(=O)O. The van der Waals surface area contributed by atoms with E-state index in [9.17, 15) is 22.8 Å². The van der Waals surface area contributed by atoms with E-state index in [1.54, 1.807) is 0 Å². The van der Waals surface area contributed by atoms with Crippen molar-refractivity contribution >= 4 is 27.6 Å². The predicted octanol–water partition coefficient (Wildman–Crippen LogP) is -0.361. The number of aliphatic carboxylic acids is 1. The fraction of sp³-hybridized carbons (Fsp3) is 0.786. The van der Waals surface area contributed by atoms with Crippen molar-refractivity contribution in [1.29, 1.82) is 0 Å². The normalized spacial score (nSPS) is 17.2. The lowest BCUT2D eigenvalue weighted by Crippen LogP contribution is -2.47. The highest BCUT2D eigenvalue weighted by molar-refractivity contribution is 7.90. The minimum absolute atomic E-state index is 0.0117. The Balaban J connectivity index is 2.75. The quantitative estimate of drug-likeness (QED) is 0.587. The zero-order chi connectivity index (χ0) is 17.8. The highest BCUT2D eigenvalue weighted by Crippen LogP contribution is 2.50. The Bertz CT molecular complexity index is 582. The van der Waals surface area contributed by atoms with E-state index in [4.69, 9.17) is 5.11 Å². The summed E-state index contributed by atoms with van der Waals surface area (Å²) in [5.74, 6) is -1.87. The van der Waals surface area contributed by atoms with E-state index < -0.39 is 33.2 Å². The number of rotatable bonds is 9. The summed E-state index contributed by atoms with van der Waals surface area (Å²) in [6.07, 6.45) is 2.43. The number of hydrogen-bond acceptors (Lipinski definition) is 5. The Morgan fingerprint density at radius 2 is 1.87 bits per heavy atom. The smallest absolute Gasteiger partial charge is 0.326 e. The van der Waals surface area contributed by atoms with Gasteiger partial charge in [0.05, 0.1) is 5.75 Å². The lowest BCUT2D eigenvalue weighted by atomic mass is 10.0. The first-order valence-electron chi connectivity index (χ1n) is 7.40. The van der Waals surface area contributed by atoms with Gasteiger partial charge in [0.1, 0.15) is 15.9 Å². The first kappa shape index (κ1) is 19.4. The Labute approximate surface area is 136 Å². The number of hydrogen-bond donors (Lipinski definition) is 2. The maximum absolute atomic E-state index is 12.5. The second kappa shape index (κ2) is 7.29. The van der Waals surface area contributed by atoms with Crippen molar-refractivity contribution in [2.24, 2.45) is 5.41 Å². The van der Waals surface area contributed by atoms with Crippen molar-refractivity contribution in [1.82, 2.24) is 10.2 Å². The van der Waals surface area contributed by atoms with Gasteiger partial charge in [-0.05, 0) is 25.2 Å². The van der Waals surface area contributed by atoms with Crippen LogP contribution in [-0.2, 0) is 24.2 Å². The van der Waals surface area contributed by atoms with E-state index in [2.05, 4.69) is 5.32 Å². The van der Waals surface area contributed by atoms with Crippen molar-refractivity contribution < 1.29 is 27.9 Å². The molecule has 8 nitrogen and oxygen atoms in total. The van der Waals surface area contributed by atoms with E-state index in [-0.39, 0.29) is 31.2 Å². The lowest BCUT2D eigenvalue weighted by Gasteiger charge is -2.28. The predicted molar refractivity (Wildman–Crippen MR) is 83.5 cm³/mol. The number of nitrogens with zero attached hydrogens (tertiary/aromatic N) is 1. The van der Waals surface area contributed by atoms with Gasteiger partial charge >= 0.3 is 5.97 Å². The molecule has 2 N–H and O–H groups in total. The summed E-state index contributed by atoms with van der Waals surface area (Å²) in [4.78, 5) is 35.7. The van der Waals surface area contributed by atoms with Gasteiger partial charge in [0.2, 0.25) is 11.8 Å². The molecular formula is C14H24N2O6S. The van der Waals surface area contributed by atoms with Crippen LogP contribution in [0.5, 0.6) is 0 Å². The molecule has 1 rings (SSSR count). The van der Waals surface area contributed by atoms with E-state index >= 15 is 0 Å². The summed E-state index contributed by atoms with van der Waals surface area (Å²) in [5.41, 5.74) is -0.560. The van der Waals surface area contributed by atoms with Gasteiger partial charge in [0.25, 0.3) is 0 Å². The Morgan fingerprint density at radius 1 is 1.30 bits per heavy atom. The van der Waals surface area contributed by atoms with Crippen molar-refractivity contribution in [3.05, 3.63) is 0 Å². The molecule has 132 valence electrons. The Kier molecular flexibility index (Phi) is 6.15. The number of nitrogens with one attached hydrogen (secondary N) is 1. The highest BCUT2D eigenvalue weighted by atomic mass is 32.2. The molecule has 0 spiro atoms. The zero-order valence-electron chi connectivity index (χ0n) is 13.7. The molecular weight excluding hydrogens is 324 g/mol. The minimum Gasteiger partial charge on any atom is -0.480 e. The first-order chi connectivity index (χ1) is 10.5. The first-order valence-corrected chi connectivity index (χ1v) is 9.46. The fourth-order valence-corrected chi connectivity index (χ4v) is 4.05. The van der Waals surface area contributed by atoms with Crippen LogP contribution in [0, 0.1) is 5.41 Å². The van der Waals surface area contributed by atoms with Crippen LogP contribution in [0.3, 0.4) is 0 Å². The number of amides is 2. The second-order valence-electron chi connectivity index (χ2n) is 6.33. The van der Waals surface area contributed by atoms with Crippen LogP contribution in [-0.4, -0.2) is 67.3 Å². The van der Waals surface area contributed by atoms with Crippen LogP contribution in [0.4, 0.5) is 0 Å². The van der Waals surface area contributed by atoms with Crippen LogP contribution >= 0.6 is 0 Å². The van der Waals surface area contributed by atoms with Crippen LogP contribution in [0.15, 0.2) is 0 Å². The molecule has 0 aromatic heterocycles. The van der Waals surface area contributed by atoms with Gasteiger partial charge in [-0.2, -0.15) is 0 Å². The molecule has 1 aliphatic carbocycles. The van der Waals surface area contributed by atoms with Gasteiger partial charge in [-0.25, -0.2) is 13.2 Å². The van der Waals surface area contributed by atoms with Gasteiger partial charge in [0.15, 0.2) is 0 Å². The molecule has 2 amide bonds. The molecule has 0 aliphatic heterocycles. The average molecular weight is 348 g/mol. The zero-order valence-corrected chi connectivity index (χ0v) is 14.5. The summed E-state index contributed by atoms with van der Waals surface area (Å²) in [5, 5.41) is 11.7. The molecule has 9 heteroatoms. The second-order valence-corrected chi connectivity index (χ2v) is 8.47. The molecule has 0 radical (unpaired) electrons. The number of sulfone groups is 1. The third-order valence-electron chi connectivity index (χ3n) is 3.92. The third kappa shape index (κ3) is 6.55. The van der Waals surface area contributed by atoms with Gasteiger partial charge in [-0.3, -0.25) is 9.59 Å². The number of carbonyl (C=O) groups is 3. The number of carbonyl (C=O) groups excluding carboxylic acids is 2. The summed E-state index contributed by atoms with van der Waals surface area (Å²) in [6, 6.07) is -1.04. The molecule has 0 saturated heterocycles. The molecule has 1 saturated carbocycles. The van der Waals surface area contributed by atoms with Crippen LogP contribution in [0.25, 0.3) is 0 Å². The fourth-order valence-electron chi connectivity index (χ4n) is 2.55. The summed E-state index contributed by atoms with van der Waals surface area (Å²) >= 11 is 0. The molecule has 0 heterocycles. The minimum atomic E-state index is -3.20. The molecule has 0 aromatic rings. The van der Waals surface area contributed by atoms with E-state index in [0.717, 1.165) is 6.26 Å². The van der Waals surface area contributed by atoms with Crippen molar-refractivity contribution in [2.75, 3.05) is 25.1 Å². The Hall–Kier alpha value is -1.64. The number of carboxylic acid groups (broad SMARTS) is 1. The molecule has 1 aliphatic rings. The molecule has 23 heavy (non-hydrogen) atoms. The highest BCUT2D eigenvalue weighted by Gasteiger charge is 2.47. The van der Waals surface area contributed by atoms with E-state index in [0.29, 0.717) is 12.8 Å². The van der Waals surface area contributed by atoms with Crippen molar-refractivity contribution in [2.45, 2.75) is 39.2 Å². The van der Waals surface area contributed by atoms with Crippen LogP contribution in [0.2, 0.25) is 0 Å². The monoisotopic (exact) mass is 348 g/mol. The molecule has 1 unspecified atom stereocenters. The van der Waals surface area contributed by atoms with Crippen LogP contribution in [0.1, 0.15) is 33.1 Å².